The van der Waals surface area contributed by atoms with E-state index in [1.807, 2.05) is 0 Å². The van der Waals surface area contributed by atoms with E-state index in [2.05, 4.69) is 17.2 Å². The molecule has 0 saturated carbocycles. The summed E-state index contributed by atoms with van der Waals surface area (Å²) in [7, 11) is -0.139. The molecule has 9 N–H and O–H groups in total. The van der Waals surface area contributed by atoms with Crippen LogP contribution in [0.25, 0.3) is 0 Å². The van der Waals surface area contributed by atoms with Gasteiger partial charge in [0, 0.05) is 0 Å². The zero-order chi connectivity index (χ0) is 10.5. The van der Waals surface area contributed by atoms with Crippen molar-refractivity contribution in [2.75, 3.05) is 21.1 Å². The van der Waals surface area contributed by atoms with Gasteiger partial charge in [-0.3, -0.25) is 0 Å². The lowest BCUT2D eigenvalue weighted by atomic mass is 11.6. The van der Waals surface area contributed by atoms with Crippen LogP contribution in [-0.2, 0) is 4.57 Å². The Balaban J connectivity index is -0.0000000350. The molecule has 0 spiro atoms. The van der Waals surface area contributed by atoms with Crippen molar-refractivity contribution in [1.29, 1.82) is 0 Å². The third-order valence-corrected chi connectivity index (χ3v) is 0. The Morgan fingerprint density at radius 1 is 0.818 bits per heavy atom. The first-order chi connectivity index (χ1) is 5.00. The van der Waals surface area contributed by atoms with E-state index < -0.39 is 7.82 Å². The van der Waals surface area contributed by atoms with E-state index in [4.69, 9.17) is 19.2 Å². The minimum atomic E-state index is -4.64. The van der Waals surface area contributed by atoms with Crippen LogP contribution in [0.15, 0.2) is 0 Å². The molecule has 0 rings (SSSR count). The number of nitrogens with two attached hydrogens (primary N) is 3. The number of phosphoric acid groups is 1. The second-order valence-electron chi connectivity index (χ2n) is 0.513. The molecule has 0 atom stereocenters. The average molecular weight is 191 g/mol. The van der Waals surface area contributed by atoms with E-state index in [9.17, 15) is 0 Å². The first-order valence-electron chi connectivity index (χ1n) is 2.51. The quantitative estimate of drug-likeness (QED) is 0.237. The summed E-state index contributed by atoms with van der Waals surface area (Å²) in [6.45, 7) is 0. The fourth-order valence-electron chi connectivity index (χ4n) is 0. The second-order valence-corrected chi connectivity index (χ2v) is 1.54. The normalized spacial score (nSPS) is 7.00. The van der Waals surface area contributed by atoms with Crippen LogP contribution in [0.1, 0.15) is 0 Å². The number of hydrogen-bond donors (Lipinski definition) is 6. The number of hydrogen-bond acceptors (Lipinski definition) is 4. The van der Waals surface area contributed by atoms with Gasteiger partial charge in [0.05, 0.1) is 0 Å². The minimum Gasteiger partial charge on any atom is -0.333 e. The van der Waals surface area contributed by atoms with Gasteiger partial charge in [0.1, 0.15) is 0 Å². The van der Waals surface area contributed by atoms with Crippen LogP contribution < -0.4 is 17.2 Å². The van der Waals surface area contributed by atoms with Gasteiger partial charge >= 0.3 is 7.82 Å². The Bertz CT molecular complexity index is 66.7. The molecule has 0 radical (unpaired) electrons. The largest absolute Gasteiger partial charge is 0.466 e. The van der Waals surface area contributed by atoms with E-state index in [0.29, 0.717) is 0 Å². The molecule has 8 heteroatoms. The first kappa shape index (κ1) is 22.4. The van der Waals surface area contributed by atoms with Crippen molar-refractivity contribution in [3.05, 3.63) is 0 Å². The topological polar surface area (TPSA) is 156 Å². The standard InChI is InChI=1S/3CH5N.H3O4P/c3*1-2;1-5(2,3)4/h3*2H2,1H3;(H3,1,2,3,4). The van der Waals surface area contributed by atoms with Gasteiger partial charge in [-0.2, -0.15) is 0 Å². The zero-order valence-corrected chi connectivity index (χ0v) is 7.82. The molecule has 0 aromatic rings. The summed E-state index contributed by atoms with van der Waals surface area (Å²) in [5, 5.41) is 0. The third kappa shape index (κ3) is 6380000. The van der Waals surface area contributed by atoms with Gasteiger partial charge < -0.3 is 31.9 Å². The molecule has 0 unspecified atom stereocenters. The molecule has 0 bridgehead atoms. The second kappa shape index (κ2) is 22.5. The van der Waals surface area contributed by atoms with Gasteiger partial charge in [0.15, 0.2) is 0 Å². The Hall–Kier alpha value is -0.0100. The maximum Gasteiger partial charge on any atom is 0.466 e. The van der Waals surface area contributed by atoms with E-state index in [-0.39, 0.29) is 0 Å². The molecule has 0 heterocycles. The molecule has 0 aliphatic heterocycles. The van der Waals surface area contributed by atoms with Gasteiger partial charge in [-0.1, -0.05) is 0 Å². The molecule has 0 saturated heterocycles. The van der Waals surface area contributed by atoms with Crippen LogP contribution in [0, 0.1) is 0 Å². The Morgan fingerprint density at radius 2 is 0.818 bits per heavy atom. The first-order valence-corrected chi connectivity index (χ1v) is 4.08. The summed E-state index contributed by atoms with van der Waals surface area (Å²) in [5.74, 6) is 0. The lowest BCUT2D eigenvalue weighted by Gasteiger charge is -1.82. The minimum absolute atomic E-state index is 1.50. The summed E-state index contributed by atoms with van der Waals surface area (Å²) in [4.78, 5) is 21.6. The zero-order valence-electron chi connectivity index (χ0n) is 6.93. The van der Waals surface area contributed by atoms with Crippen molar-refractivity contribution in [2.45, 2.75) is 0 Å². The summed E-state index contributed by atoms with van der Waals surface area (Å²) in [6.07, 6.45) is 0. The van der Waals surface area contributed by atoms with Crippen LogP contribution in [0.4, 0.5) is 0 Å². The lowest BCUT2D eigenvalue weighted by molar-refractivity contribution is 0.275. The number of rotatable bonds is 0. The molecule has 0 aromatic heterocycles. The molecule has 0 aromatic carbocycles. The van der Waals surface area contributed by atoms with E-state index in [1.165, 1.54) is 21.1 Å². The monoisotopic (exact) mass is 191 g/mol. The summed E-state index contributed by atoms with van der Waals surface area (Å²) >= 11 is 0. The predicted octanol–water partition coefficient (Wildman–Crippen LogP) is -2.20. The Labute approximate surface area is 66.4 Å². The molecule has 11 heavy (non-hydrogen) atoms. The van der Waals surface area contributed by atoms with Crippen molar-refractivity contribution < 1.29 is 19.2 Å². The smallest absolute Gasteiger partial charge is 0.333 e. The predicted molar refractivity (Wildman–Crippen MR) is 44.6 cm³/mol. The van der Waals surface area contributed by atoms with Gasteiger partial charge in [-0.15, -0.1) is 0 Å². The molecule has 0 fully saturated rings. The van der Waals surface area contributed by atoms with Crippen molar-refractivity contribution in [1.82, 2.24) is 0 Å². The maximum atomic E-state index is 8.88. The molecule has 74 valence electrons. The Kier molecular flexibility index (Phi) is 45.9. The van der Waals surface area contributed by atoms with Gasteiger partial charge in [0.25, 0.3) is 0 Å². The summed E-state index contributed by atoms with van der Waals surface area (Å²) in [5.41, 5.74) is 13.5. The van der Waals surface area contributed by atoms with Gasteiger partial charge in [-0.05, 0) is 21.1 Å². The molecular weight excluding hydrogens is 173 g/mol. The molecule has 0 aliphatic rings. The Morgan fingerprint density at radius 3 is 0.818 bits per heavy atom. The van der Waals surface area contributed by atoms with Crippen LogP contribution in [0.5, 0.6) is 0 Å². The van der Waals surface area contributed by atoms with Crippen molar-refractivity contribution >= 4 is 7.82 Å². The lowest BCUT2D eigenvalue weighted by Crippen LogP contribution is -1.69. The van der Waals surface area contributed by atoms with Gasteiger partial charge in [0.2, 0.25) is 0 Å². The van der Waals surface area contributed by atoms with Crippen LogP contribution in [0.3, 0.4) is 0 Å². The van der Waals surface area contributed by atoms with E-state index in [1.54, 1.807) is 0 Å². The molecule has 0 aliphatic carbocycles. The molecular formula is C3H18N3O4P. The highest BCUT2D eigenvalue weighted by atomic mass is 31.2. The fourth-order valence-corrected chi connectivity index (χ4v) is 0. The summed E-state index contributed by atoms with van der Waals surface area (Å²) < 4.78 is 8.88. The highest BCUT2D eigenvalue weighted by molar-refractivity contribution is 7.45. The third-order valence-electron chi connectivity index (χ3n) is 0. The van der Waals surface area contributed by atoms with E-state index in [0.717, 1.165) is 0 Å². The maximum absolute atomic E-state index is 8.88. The van der Waals surface area contributed by atoms with E-state index >= 15 is 0 Å². The molecule has 0 amide bonds. The van der Waals surface area contributed by atoms with Crippen LogP contribution in [-0.4, -0.2) is 35.8 Å². The highest BCUT2D eigenvalue weighted by Gasteiger charge is 2.00. The highest BCUT2D eigenvalue weighted by Crippen LogP contribution is 2.25. The average Bonchev–Trinajstić information content (AvgIpc) is 1.96. The SMILES string of the molecule is CN.CN.CN.O=P(O)(O)O. The molecule has 7 nitrogen and oxygen atoms in total. The fraction of sp³-hybridized carbons (Fsp3) is 1.00. The van der Waals surface area contributed by atoms with Crippen molar-refractivity contribution in [3.63, 3.8) is 0 Å². The van der Waals surface area contributed by atoms with Gasteiger partial charge in [-0.25, -0.2) is 4.57 Å². The van der Waals surface area contributed by atoms with Crippen molar-refractivity contribution in [3.8, 4) is 0 Å². The van der Waals surface area contributed by atoms with Crippen LogP contribution in [0.2, 0.25) is 0 Å². The van der Waals surface area contributed by atoms with Crippen LogP contribution >= 0.6 is 7.82 Å². The summed E-state index contributed by atoms with van der Waals surface area (Å²) in [6, 6.07) is 0. The van der Waals surface area contributed by atoms with Crippen molar-refractivity contribution in [2.24, 2.45) is 17.2 Å².